The molecule has 76 valence electrons. The molecule has 0 atom stereocenters. The lowest BCUT2D eigenvalue weighted by Gasteiger charge is -1.92. The van der Waals surface area contributed by atoms with E-state index in [1.165, 1.54) is 21.9 Å². The van der Waals surface area contributed by atoms with Crippen LogP contribution in [0.15, 0.2) is 30.3 Å². The molecule has 0 fully saturated rings. The normalized spacial score (nSPS) is 11.3. The van der Waals surface area contributed by atoms with Crippen molar-refractivity contribution in [2.45, 2.75) is 13.3 Å². The highest BCUT2D eigenvalue weighted by molar-refractivity contribution is 7.20. The molecule has 0 saturated heterocycles. The topological polar surface area (TPSA) is 23.9 Å². The van der Waals surface area contributed by atoms with Crippen LogP contribution >= 0.6 is 11.3 Å². The van der Waals surface area contributed by atoms with E-state index >= 15 is 0 Å². The van der Waals surface area contributed by atoms with Gasteiger partial charge in [0.25, 0.3) is 0 Å². The van der Waals surface area contributed by atoms with Crippen LogP contribution < -0.4 is 0 Å². The van der Waals surface area contributed by atoms with Crippen molar-refractivity contribution in [3.63, 3.8) is 0 Å². The summed E-state index contributed by atoms with van der Waals surface area (Å²) in [4.78, 5) is 1.04. The van der Waals surface area contributed by atoms with Gasteiger partial charge in [0.05, 0.1) is 4.88 Å². The molecular formula is C13H13NS. The van der Waals surface area contributed by atoms with E-state index in [2.05, 4.69) is 31.2 Å². The molecule has 1 N–H and O–H groups in total. The Kier molecular flexibility index (Phi) is 2.97. The fraction of sp³-hybridized carbons (Fsp3) is 0.154. The first-order valence-electron chi connectivity index (χ1n) is 5.05. The lowest BCUT2D eigenvalue weighted by molar-refractivity contribution is 1.23. The fourth-order valence-corrected chi connectivity index (χ4v) is 2.62. The molecule has 1 heterocycles. The zero-order valence-electron chi connectivity index (χ0n) is 8.66. The highest BCUT2D eigenvalue weighted by Gasteiger charge is 2.06. The van der Waals surface area contributed by atoms with Gasteiger partial charge in [0.15, 0.2) is 0 Å². The summed E-state index contributed by atoms with van der Waals surface area (Å²) in [6.45, 7) is 2.12. The van der Waals surface area contributed by atoms with E-state index in [1.54, 1.807) is 11.3 Å². The summed E-state index contributed by atoms with van der Waals surface area (Å²) in [7, 11) is 0. The number of hydrogen-bond acceptors (Lipinski definition) is 2. The van der Waals surface area contributed by atoms with Gasteiger partial charge in [-0.3, -0.25) is 0 Å². The van der Waals surface area contributed by atoms with Crippen LogP contribution in [0.3, 0.4) is 0 Å². The smallest absolute Gasteiger partial charge is 0.0530 e. The Morgan fingerprint density at radius 2 is 2.13 bits per heavy atom. The van der Waals surface area contributed by atoms with Crippen LogP contribution in [-0.4, -0.2) is 6.21 Å². The van der Waals surface area contributed by atoms with E-state index in [4.69, 9.17) is 5.41 Å². The number of rotatable bonds is 3. The van der Waals surface area contributed by atoms with Crippen LogP contribution in [0.2, 0.25) is 0 Å². The lowest BCUT2D eigenvalue weighted by atomic mass is 10.1. The Bertz CT molecular complexity index is 508. The largest absolute Gasteiger partial charge is 0.307 e. The molecule has 0 aliphatic heterocycles. The molecule has 0 saturated carbocycles. The number of hydrogen-bond donors (Lipinski definition) is 1. The second kappa shape index (κ2) is 4.41. The maximum Gasteiger partial charge on any atom is 0.0530 e. The molecule has 1 aromatic heterocycles. The molecule has 0 radical (unpaired) electrons. The molecule has 2 heteroatoms. The van der Waals surface area contributed by atoms with Crippen LogP contribution in [0.4, 0.5) is 0 Å². The van der Waals surface area contributed by atoms with Crippen LogP contribution in [0, 0.1) is 5.41 Å². The van der Waals surface area contributed by atoms with Gasteiger partial charge in [0.1, 0.15) is 0 Å². The Hall–Kier alpha value is -1.41. The Labute approximate surface area is 93.6 Å². The van der Waals surface area contributed by atoms with E-state index in [9.17, 15) is 0 Å². The lowest BCUT2D eigenvalue weighted by Crippen LogP contribution is -1.76. The molecule has 1 nitrogen and oxygen atoms in total. The van der Waals surface area contributed by atoms with Gasteiger partial charge < -0.3 is 5.41 Å². The second-order valence-corrected chi connectivity index (χ2v) is 4.41. The summed E-state index contributed by atoms with van der Waals surface area (Å²) in [6.07, 6.45) is 6.74. The zero-order chi connectivity index (χ0) is 10.7. The van der Waals surface area contributed by atoms with E-state index in [1.807, 2.05) is 12.1 Å². The summed E-state index contributed by atoms with van der Waals surface area (Å²) in [5.74, 6) is 0. The summed E-state index contributed by atoms with van der Waals surface area (Å²) in [6, 6.07) is 8.32. The van der Waals surface area contributed by atoms with Gasteiger partial charge >= 0.3 is 0 Å². The quantitative estimate of drug-likeness (QED) is 0.737. The van der Waals surface area contributed by atoms with Crippen LogP contribution in [-0.2, 0) is 0 Å². The second-order valence-electron chi connectivity index (χ2n) is 3.33. The standard InChI is InChI=1S/C13H13NS/c1-2-3-6-11-10-7-4-5-8-12(10)15-13(11)9-14/h3-9,14H,2H2,1H3/b6-3-,14-9?. The van der Waals surface area contributed by atoms with E-state index in [0.29, 0.717) is 0 Å². The van der Waals surface area contributed by atoms with Gasteiger partial charge in [-0.2, -0.15) is 0 Å². The first kappa shape index (κ1) is 10.1. The first-order valence-corrected chi connectivity index (χ1v) is 5.87. The average Bonchev–Trinajstić information content (AvgIpc) is 2.64. The molecule has 0 aliphatic carbocycles. The zero-order valence-corrected chi connectivity index (χ0v) is 9.47. The third-order valence-corrected chi connectivity index (χ3v) is 3.45. The molecule has 0 amide bonds. The molecule has 1 aromatic carbocycles. The number of nitrogens with one attached hydrogen (secondary N) is 1. The van der Waals surface area contributed by atoms with Gasteiger partial charge in [0, 0.05) is 21.9 Å². The average molecular weight is 215 g/mol. The van der Waals surface area contributed by atoms with Crippen molar-refractivity contribution in [2.24, 2.45) is 0 Å². The summed E-state index contributed by atoms with van der Waals surface area (Å²) < 4.78 is 1.26. The van der Waals surface area contributed by atoms with Gasteiger partial charge in [0.2, 0.25) is 0 Å². The number of fused-ring (bicyclic) bond motifs is 1. The molecule has 0 spiro atoms. The third kappa shape index (κ3) is 1.85. The predicted octanol–water partition coefficient (Wildman–Crippen LogP) is 4.32. The number of allylic oxidation sites excluding steroid dienone is 1. The van der Waals surface area contributed by atoms with Gasteiger partial charge in [-0.15, -0.1) is 11.3 Å². The Morgan fingerprint density at radius 3 is 2.87 bits per heavy atom. The summed E-state index contributed by atoms with van der Waals surface area (Å²) in [5, 5.41) is 8.66. The fourth-order valence-electron chi connectivity index (χ4n) is 1.60. The van der Waals surface area contributed by atoms with Crippen molar-refractivity contribution in [3.8, 4) is 0 Å². The van der Waals surface area contributed by atoms with Gasteiger partial charge in [-0.05, 0) is 12.5 Å². The molecule has 0 bridgehead atoms. The van der Waals surface area contributed by atoms with Gasteiger partial charge in [-0.1, -0.05) is 37.3 Å². The van der Waals surface area contributed by atoms with Crippen molar-refractivity contribution in [3.05, 3.63) is 40.8 Å². The molecular weight excluding hydrogens is 202 g/mol. The minimum absolute atomic E-state index is 1.03. The van der Waals surface area contributed by atoms with Crippen LogP contribution in [0.25, 0.3) is 16.2 Å². The molecule has 15 heavy (non-hydrogen) atoms. The Balaban J connectivity index is 2.66. The predicted molar refractivity (Wildman–Crippen MR) is 69.0 cm³/mol. The number of benzene rings is 1. The highest BCUT2D eigenvalue weighted by Crippen LogP contribution is 2.31. The number of thiophene rings is 1. The van der Waals surface area contributed by atoms with E-state index in [-0.39, 0.29) is 0 Å². The third-order valence-electron chi connectivity index (χ3n) is 2.31. The Morgan fingerprint density at radius 1 is 1.33 bits per heavy atom. The van der Waals surface area contributed by atoms with Crippen molar-refractivity contribution < 1.29 is 0 Å². The maximum atomic E-state index is 7.40. The van der Waals surface area contributed by atoms with Crippen molar-refractivity contribution in [2.75, 3.05) is 0 Å². The van der Waals surface area contributed by atoms with Crippen molar-refractivity contribution in [1.82, 2.24) is 0 Å². The van der Waals surface area contributed by atoms with E-state index in [0.717, 1.165) is 11.3 Å². The SMILES string of the molecule is CC/C=C\c1c(C=N)sc2ccccc12. The molecule has 0 aliphatic rings. The summed E-state index contributed by atoms with van der Waals surface area (Å²) in [5.41, 5.74) is 1.19. The first-order chi connectivity index (χ1) is 7.36. The molecule has 0 unspecified atom stereocenters. The minimum Gasteiger partial charge on any atom is -0.307 e. The van der Waals surface area contributed by atoms with Gasteiger partial charge in [-0.25, -0.2) is 0 Å². The molecule has 2 aromatic rings. The highest BCUT2D eigenvalue weighted by atomic mass is 32.1. The monoisotopic (exact) mass is 215 g/mol. The summed E-state index contributed by atoms with van der Waals surface area (Å²) >= 11 is 1.68. The maximum absolute atomic E-state index is 7.40. The van der Waals surface area contributed by atoms with Crippen molar-refractivity contribution >= 4 is 33.7 Å². The van der Waals surface area contributed by atoms with Crippen LogP contribution in [0.5, 0.6) is 0 Å². The van der Waals surface area contributed by atoms with Crippen molar-refractivity contribution in [1.29, 1.82) is 5.41 Å². The van der Waals surface area contributed by atoms with Crippen LogP contribution in [0.1, 0.15) is 23.8 Å². The van der Waals surface area contributed by atoms with E-state index < -0.39 is 0 Å². The minimum atomic E-state index is 1.03. The molecule has 2 rings (SSSR count).